The number of nitrogen functional groups attached to an aromatic ring is 1. The van der Waals surface area contributed by atoms with E-state index in [1.807, 2.05) is 18.0 Å². The molecular weight excluding hydrogens is 228 g/mol. The maximum atomic E-state index is 11.7. The topological polar surface area (TPSA) is 62.5 Å². The SMILES string of the molecule is Cc1cncc(N)c1N1CCN2C(=O)CC[C@H]2C1. The Kier molecular flexibility index (Phi) is 2.61. The van der Waals surface area contributed by atoms with Crippen LogP contribution in [0, 0.1) is 6.92 Å². The number of piperazine rings is 1. The van der Waals surface area contributed by atoms with Crippen LogP contribution in [0.1, 0.15) is 18.4 Å². The van der Waals surface area contributed by atoms with Crippen LogP contribution in [0.4, 0.5) is 11.4 Å². The summed E-state index contributed by atoms with van der Waals surface area (Å²) in [5.74, 6) is 0.305. The molecule has 5 nitrogen and oxygen atoms in total. The van der Waals surface area contributed by atoms with Gasteiger partial charge in [-0.3, -0.25) is 9.78 Å². The maximum Gasteiger partial charge on any atom is 0.223 e. The zero-order chi connectivity index (χ0) is 12.7. The minimum atomic E-state index is 0.305. The second-order valence-electron chi connectivity index (χ2n) is 5.12. The third kappa shape index (κ3) is 1.70. The third-order valence-corrected chi connectivity index (χ3v) is 3.94. The van der Waals surface area contributed by atoms with Crippen LogP contribution >= 0.6 is 0 Å². The number of aromatic nitrogens is 1. The molecular formula is C13H18N4O. The molecule has 2 aliphatic heterocycles. The molecule has 0 bridgehead atoms. The summed E-state index contributed by atoms with van der Waals surface area (Å²) in [5.41, 5.74) is 8.95. The summed E-state index contributed by atoms with van der Waals surface area (Å²) in [4.78, 5) is 20.1. The predicted octanol–water partition coefficient (Wildman–Crippen LogP) is 0.783. The van der Waals surface area contributed by atoms with Gasteiger partial charge in [0.15, 0.2) is 0 Å². The van der Waals surface area contributed by atoms with Crippen molar-refractivity contribution < 1.29 is 4.79 Å². The molecule has 0 aromatic carbocycles. The average Bonchev–Trinajstić information content (AvgIpc) is 2.71. The zero-order valence-corrected chi connectivity index (χ0v) is 10.6. The Labute approximate surface area is 107 Å². The molecule has 96 valence electrons. The molecule has 5 heteroatoms. The summed E-state index contributed by atoms with van der Waals surface area (Å²) in [6.45, 7) is 4.59. The van der Waals surface area contributed by atoms with E-state index in [-0.39, 0.29) is 0 Å². The average molecular weight is 246 g/mol. The van der Waals surface area contributed by atoms with Gasteiger partial charge >= 0.3 is 0 Å². The molecule has 0 spiro atoms. The van der Waals surface area contributed by atoms with Gasteiger partial charge < -0.3 is 15.5 Å². The highest BCUT2D eigenvalue weighted by Gasteiger charge is 2.36. The van der Waals surface area contributed by atoms with Gasteiger partial charge in [0, 0.05) is 38.3 Å². The Hall–Kier alpha value is -1.78. The quantitative estimate of drug-likeness (QED) is 0.795. The van der Waals surface area contributed by atoms with E-state index in [9.17, 15) is 4.79 Å². The molecule has 2 fully saturated rings. The van der Waals surface area contributed by atoms with Gasteiger partial charge in [0.2, 0.25) is 5.91 Å². The Bertz CT molecular complexity index is 468. The minimum absolute atomic E-state index is 0.305. The van der Waals surface area contributed by atoms with E-state index in [2.05, 4.69) is 9.88 Å². The normalized spacial score (nSPS) is 23.4. The van der Waals surface area contributed by atoms with Crippen molar-refractivity contribution in [3.8, 4) is 0 Å². The lowest BCUT2D eigenvalue weighted by molar-refractivity contribution is -0.129. The standard InChI is InChI=1S/C13H18N4O/c1-9-6-15-7-11(14)13(9)16-4-5-17-10(8-16)2-3-12(17)18/h6-7,10H,2-5,8,14H2,1H3/t10-/m0/s1. The fourth-order valence-corrected chi connectivity index (χ4v) is 3.08. The molecule has 1 atom stereocenters. The number of nitrogens with two attached hydrogens (primary N) is 1. The van der Waals surface area contributed by atoms with Crippen LogP contribution in [-0.2, 0) is 4.79 Å². The number of carbonyl (C=O) groups is 1. The van der Waals surface area contributed by atoms with Crippen molar-refractivity contribution in [1.29, 1.82) is 0 Å². The summed E-state index contributed by atoms with van der Waals surface area (Å²) in [5, 5.41) is 0. The van der Waals surface area contributed by atoms with Gasteiger partial charge in [-0.15, -0.1) is 0 Å². The van der Waals surface area contributed by atoms with Crippen molar-refractivity contribution in [2.75, 3.05) is 30.3 Å². The van der Waals surface area contributed by atoms with E-state index in [4.69, 9.17) is 5.73 Å². The number of amides is 1. The Morgan fingerprint density at radius 2 is 2.22 bits per heavy atom. The zero-order valence-electron chi connectivity index (χ0n) is 10.6. The Morgan fingerprint density at radius 3 is 3.00 bits per heavy atom. The number of hydrogen-bond donors (Lipinski definition) is 1. The molecule has 0 unspecified atom stereocenters. The smallest absolute Gasteiger partial charge is 0.223 e. The highest BCUT2D eigenvalue weighted by Crippen LogP contribution is 2.31. The van der Waals surface area contributed by atoms with Gasteiger partial charge in [-0.05, 0) is 18.9 Å². The summed E-state index contributed by atoms with van der Waals surface area (Å²) in [7, 11) is 0. The molecule has 0 aliphatic carbocycles. The van der Waals surface area contributed by atoms with Crippen molar-refractivity contribution in [3.05, 3.63) is 18.0 Å². The molecule has 1 amide bonds. The van der Waals surface area contributed by atoms with Crippen LogP contribution in [0.15, 0.2) is 12.4 Å². The van der Waals surface area contributed by atoms with Crippen LogP contribution in [0.2, 0.25) is 0 Å². The lowest BCUT2D eigenvalue weighted by atomic mass is 10.1. The number of aryl methyl sites for hydroxylation is 1. The lowest BCUT2D eigenvalue weighted by Gasteiger charge is -2.39. The predicted molar refractivity (Wildman–Crippen MR) is 70.3 cm³/mol. The van der Waals surface area contributed by atoms with E-state index in [0.717, 1.165) is 43.0 Å². The van der Waals surface area contributed by atoms with Crippen molar-refractivity contribution in [2.45, 2.75) is 25.8 Å². The van der Waals surface area contributed by atoms with Gasteiger partial charge in [-0.25, -0.2) is 0 Å². The van der Waals surface area contributed by atoms with Crippen molar-refractivity contribution in [2.24, 2.45) is 0 Å². The molecule has 1 aromatic rings. The second kappa shape index (κ2) is 4.15. The van der Waals surface area contributed by atoms with Crippen LogP contribution in [-0.4, -0.2) is 41.5 Å². The van der Waals surface area contributed by atoms with E-state index in [1.54, 1.807) is 6.20 Å². The van der Waals surface area contributed by atoms with Crippen LogP contribution in [0.25, 0.3) is 0 Å². The molecule has 18 heavy (non-hydrogen) atoms. The van der Waals surface area contributed by atoms with Crippen molar-refractivity contribution in [1.82, 2.24) is 9.88 Å². The minimum Gasteiger partial charge on any atom is -0.396 e. The van der Waals surface area contributed by atoms with Gasteiger partial charge in [0.05, 0.1) is 17.6 Å². The largest absolute Gasteiger partial charge is 0.396 e. The van der Waals surface area contributed by atoms with Gasteiger partial charge in [0.25, 0.3) is 0 Å². The number of fused-ring (bicyclic) bond motifs is 1. The van der Waals surface area contributed by atoms with Gasteiger partial charge in [-0.1, -0.05) is 0 Å². The number of anilines is 2. The summed E-state index contributed by atoms with van der Waals surface area (Å²) in [6, 6.07) is 0.359. The molecule has 3 rings (SSSR count). The number of pyridine rings is 1. The third-order valence-electron chi connectivity index (χ3n) is 3.94. The van der Waals surface area contributed by atoms with Crippen molar-refractivity contribution >= 4 is 17.3 Å². The fourth-order valence-electron chi connectivity index (χ4n) is 3.08. The number of rotatable bonds is 1. The van der Waals surface area contributed by atoms with E-state index >= 15 is 0 Å². The molecule has 2 saturated heterocycles. The maximum absolute atomic E-state index is 11.7. The van der Waals surface area contributed by atoms with Crippen molar-refractivity contribution in [3.63, 3.8) is 0 Å². The fraction of sp³-hybridized carbons (Fsp3) is 0.538. The highest BCUT2D eigenvalue weighted by molar-refractivity contribution is 5.79. The molecule has 1 aromatic heterocycles. The lowest BCUT2D eigenvalue weighted by Crippen LogP contribution is -2.51. The first-order valence-electron chi connectivity index (χ1n) is 6.41. The number of hydrogen-bond acceptors (Lipinski definition) is 4. The van der Waals surface area contributed by atoms with Gasteiger partial charge in [-0.2, -0.15) is 0 Å². The molecule has 2 N–H and O–H groups in total. The van der Waals surface area contributed by atoms with E-state index in [1.165, 1.54) is 0 Å². The summed E-state index contributed by atoms with van der Waals surface area (Å²) < 4.78 is 0. The number of nitrogens with zero attached hydrogens (tertiary/aromatic N) is 3. The first-order valence-corrected chi connectivity index (χ1v) is 6.41. The first kappa shape index (κ1) is 11.3. The Morgan fingerprint density at radius 1 is 1.39 bits per heavy atom. The highest BCUT2D eigenvalue weighted by atomic mass is 16.2. The van der Waals surface area contributed by atoms with Crippen LogP contribution in [0.5, 0.6) is 0 Å². The Balaban J connectivity index is 1.85. The summed E-state index contributed by atoms with van der Waals surface area (Å²) in [6.07, 6.45) is 5.22. The van der Waals surface area contributed by atoms with Crippen LogP contribution in [0.3, 0.4) is 0 Å². The molecule has 2 aliphatic rings. The molecule has 0 saturated carbocycles. The van der Waals surface area contributed by atoms with Crippen LogP contribution < -0.4 is 10.6 Å². The van der Waals surface area contributed by atoms with E-state index in [0.29, 0.717) is 18.4 Å². The second-order valence-corrected chi connectivity index (χ2v) is 5.12. The molecule has 0 radical (unpaired) electrons. The summed E-state index contributed by atoms with van der Waals surface area (Å²) >= 11 is 0. The van der Waals surface area contributed by atoms with E-state index < -0.39 is 0 Å². The monoisotopic (exact) mass is 246 g/mol. The van der Waals surface area contributed by atoms with Gasteiger partial charge in [0.1, 0.15) is 0 Å². The number of carbonyl (C=O) groups excluding carboxylic acids is 1. The first-order chi connectivity index (χ1) is 8.66. The molecule has 3 heterocycles.